The molecule has 0 unspecified atom stereocenters. The second-order valence-corrected chi connectivity index (χ2v) is 6.29. The molecule has 0 aliphatic rings. The van der Waals surface area contributed by atoms with Crippen molar-refractivity contribution in [2.24, 2.45) is 0 Å². The van der Waals surface area contributed by atoms with Gasteiger partial charge in [-0.05, 0) is 11.6 Å². The Labute approximate surface area is 149 Å². The van der Waals surface area contributed by atoms with Gasteiger partial charge in [0, 0.05) is 0 Å². The van der Waals surface area contributed by atoms with Crippen molar-refractivity contribution in [1.29, 1.82) is 0 Å². The fraction of sp³-hybridized carbons (Fsp3) is 0.875. The molecule has 2 nitrogen and oxygen atoms in total. The van der Waals surface area contributed by atoms with Crippen molar-refractivity contribution in [3.63, 3.8) is 0 Å². The number of carbonyl (C=O) groups is 1. The van der Waals surface area contributed by atoms with Gasteiger partial charge in [0.25, 0.3) is 0 Å². The van der Waals surface area contributed by atoms with E-state index < -0.39 is 44.5 Å². The third-order valence-corrected chi connectivity index (χ3v) is 4.38. The Balaban J connectivity index is 6.55. The van der Waals surface area contributed by atoms with Gasteiger partial charge in [-0.1, -0.05) is 34.8 Å². The quantitative estimate of drug-likeness (QED) is 0.385. The van der Waals surface area contributed by atoms with Gasteiger partial charge in [-0.2, -0.15) is 35.1 Å². The summed E-state index contributed by atoms with van der Waals surface area (Å²) in [6.07, 6.45) is 0. The summed E-state index contributed by atoms with van der Waals surface area (Å²) in [5.41, 5.74) is 0. The molecular formula is C8HCl4F11O2. The van der Waals surface area contributed by atoms with Crippen molar-refractivity contribution in [2.75, 3.05) is 0 Å². The molecule has 0 spiro atoms. The molecule has 0 aromatic heterocycles. The van der Waals surface area contributed by atoms with Gasteiger partial charge in [-0.3, -0.25) is 0 Å². The molecule has 150 valence electrons. The van der Waals surface area contributed by atoms with Gasteiger partial charge in [0.2, 0.25) is 0 Å². The zero-order valence-corrected chi connectivity index (χ0v) is 13.5. The molecule has 0 aliphatic carbocycles. The number of rotatable bonds is 7. The van der Waals surface area contributed by atoms with E-state index >= 15 is 0 Å². The molecule has 25 heavy (non-hydrogen) atoms. The Morgan fingerprint density at radius 2 is 0.880 bits per heavy atom. The van der Waals surface area contributed by atoms with Crippen molar-refractivity contribution in [2.45, 2.75) is 38.5 Å². The topological polar surface area (TPSA) is 37.3 Å². The summed E-state index contributed by atoms with van der Waals surface area (Å²) in [6.45, 7) is 0. The number of alkyl halides is 15. The van der Waals surface area contributed by atoms with Crippen molar-refractivity contribution < 1.29 is 58.2 Å². The van der Waals surface area contributed by atoms with E-state index in [1.165, 1.54) is 0 Å². The van der Waals surface area contributed by atoms with Crippen LogP contribution in [0.25, 0.3) is 0 Å². The highest BCUT2D eigenvalue weighted by molar-refractivity contribution is 6.34. The Hall–Kier alpha value is -0.140. The van der Waals surface area contributed by atoms with Gasteiger partial charge in [0.1, 0.15) is 0 Å². The Kier molecular flexibility index (Phi) is 6.16. The normalized spacial score (nSPS) is 21.9. The molecule has 0 heterocycles. The summed E-state index contributed by atoms with van der Waals surface area (Å²) < 4.78 is 145. The van der Waals surface area contributed by atoms with E-state index in [4.69, 9.17) is 5.11 Å². The number of carboxylic acid groups (broad SMARTS) is 1. The average Bonchev–Trinajstić information content (AvgIpc) is 2.35. The first-order valence-corrected chi connectivity index (χ1v) is 6.52. The Morgan fingerprint density at radius 1 is 0.600 bits per heavy atom. The van der Waals surface area contributed by atoms with Gasteiger partial charge in [0.15, 0.2) is 0 Å². The molecule has 0 bridgehead atoms. The highest BCUT2D eigenvalue weighted by Gasteiger charge is 2.90. The van der Waals surface area contributed by atoms with Crippen LogP contribution in [-0.4, -0.2) is 49.6 Å². The van der Waals surface area contributed by atoms with E-state index in [1.54, 1.807) is 0 Å². The summed E-state index contributed by atoms with van der Waals surface area (Å²) in [7, 11) is 0. The highest BCUT2D eigenvalue weighted by Crippen LogP contribution is 2.64. The Morgan fingerprint density at radius 3 is 1.12 bits per heavy atom. The molecule has 0 rings (SSSR count). The number of halogens is 15. The van der Waals surface area contributed by atoms with Crippen molar-refractivity contribution in [3.05, 3.63) is 0 Å². The van der Waals surface area contributed by atoms with E-state index in [2.05, 4.69) is 46.4 Å². The monoisotopic (exact) mass is 478 g/mol. The lowest BCUT2D eigenvalue weighted by Crippen LogP contribution is -2.72. The third kappa shape index (κ3) is 3.18. The maximum atomic E-state index is 13.7. The van der Waals surface area contributed by atoms with Gasteiger partial charge in [-0.15, -0.1) is 0 Å². The summed E-state index contributed by atoms with van der Waals surface area (Å²) in [5.74, 6) is -24.7. The third-order valence-electron chi connectivity index (χ3n) is 2.60. The number of hydrogen-bond acceptors (Lipinski definition) is 1. The smallest absolute Gasteiger partial charge is 0.395 e. The van der Waals surface area contributed by atoms with E-state index in [0.717, 1.165) is 0 Å². The van der Waals surface area contributed by atoms with Crippen molar-refractivity contribution in [3.8, 4) is 0 Å². The molecule has 0 fully saturated rings. The zero-order chi connectivity index (χ0) is 21.1. The summed E-state index contributed by atoms with van der Waals surface area (Å²) in [5, 5.41) is -17.9. The van der Waals surface area contributed by atoms with Crippen LogP contribution in [0.4, 0.5) is 48.3 Å². The molecule has 0 radical (unpaired) electrons. The zero-order valence-electron chi connectivity index (χ0n) is 10.5. The minimum Gasteiger partial charge on any atom is -0.477 e. The van der Waals surface area contributed by atoms with E-state index in [0.29, 0.717) is 0 Å². The maximum Gasteiger partial charge on any atom is 0.395 e. The lowest BCUT2D eigenvalue weighted by Gasteiger charge is -2.43. The largest absolute Gasteiger partial charge is 0.477 e. The van der Waals surface area contributed by atoms with Gasteiger partial charge in [-0.25, -0.2) is 18.0 Å². The second-order valence-electron chi connectivity index (χ2n) is 4.25. The SMILES string of the molecule is O=C(O)C(F)(F)[C@](F)(Cl)C(F)(F)[C@](F)(Cl)C(F)(F)[C@](F)(Cl)C(F)(F)Cl. The molecule has 17 heteroatoms. The predicted molar refractivity (Wildman–Crippen MR) is 62.4 cm³/mol. The second kappa shape index (κ2) is 6.20. The number of hydrogen-bond donors (Lipinski definition) is 1. The van der Waals surface area contributed by atoms with E-state index in [9.17, 15) is 53.1 Å². The van der Waals surface area contributed by atoms with Crippen LogP contribution >= 0.6 is 46.4 Å². The fourth-order valence-electron chi connectivity index (χ4n) is 1.10. The lowest BCUT2D eigenvalue weighted by atomic mass is 9.94. The van der Waals surface area contributed by atoms with Gasteiger partial charge >= 0.3 is 44.5 Å². The first-order chi connectivity index (χ1) is 10.4. The first kappa shape index (κ1) is 24.9. The van der Waals surface area contributed by atoms with Gasteiger partial charge < -0.3 is 5.11 Å². The van der Waals surface area contributed by atoms with Crippen molar-refractivity contribution >= 4 is 52.4 Å². The molecule has 3 atom stereocenters. The van der Waals surface area contributed by atoms with Crippen LogP contribution in [0.2, 0.25) is 0 Å². The van der Waals surface area contributed by atoms with E-state index in [1.807, 2.05) is 0 Å². The van der Waals surface area contributed by atoms with Crippen LogP contribution < -0.4 is 0 Å². The highest BCUT2D eigenvalue weighted by atomic mass is 35.5. The first-order valence-electron chi connectivity index (χ1n) is 5.01. The molecule has 0 aromatic rings. The fourth-order valence-corrected chi connectivity index (χ4v) is 1.92. The molecule has 0 aromatic carbocycles. The lowest BCUT2D eigenvalue weighted by molar-refractivity contribution is -0.305. The van der Waals surface area contributed by atoms with Crippen LogP contribution in [0.1, 0.15) is 0 Å². The Bertz CT molecular complexity index is 543. The van der Waals surface area contributed by atoms with Crippen molar-refractivity contribution in [1.82, 2.24) is 0 Å². The predicted octanol–water partition coefficient (Wildman–Crippen LogP) is 5.52. The minimum absolute atomic E-state index is 3.76. The number of carboxylic acids is 1. The average molecular weight is 480 g/mol. The summed E-state index contributed by atoms with van der Waals surface area (Å²) >= 11 is 15.4. The van der Waals surface area contributed by atoms with Crippen LogP contribution in [0, 0.1) is 0 Å². The van der Waals surface area contributed by atoms with Crippen LogP contribution in [0.15, 0.2) is 0 Å². The van der Waals surface area contributed by atoms with Gasteiger partial charge in [0.05, 0.1) is 0 Å². The number of aliphatic carboxylic acids is 1. The molecule has 0 amide bonds. The van der Waals surface area contributed by atoms with Crippen LogP contribution in [0.5, 0.6) is 0 Å². The molecule has 0 saturated heterocycles. The summed E-state index contributed by atoms with van der Waals surface area (Å²) in [4.78, 5) is 10.0. The molecule has 0 saturated carbocycles. The standard InChI is InChI=1S/C8HCl4F11O2/c9-3(15,2(13,14)1(24)25)6(18,19)4(10,16)7(20,21)5(11,17)8(12,22)23/h(H,24,25)/t3-,4-,5-/m1/s1. The minimum atomic E-state index is -7.23. The van der Waals surface area contributed by atoms with Crippen LogP contribution in [-0.2, 0) is 4.79 Å². The van der Waals surface area contributed by atoms with Crippen LogP contribution in [0.3, 0.4) is 0 Å². The molecule has 0 aliphatic heterocycles. The molecule has 1 N–H and O–H groups in total. The molecular weight excluding hydrogens is 479 g/mol. The van der Waals surface area contributed by atoms with E-state index in [-0.39, 0.29) is 0 Å². The maximum absolute atomic E-state index is 13.7. The summed E-state index contributed by atoms with van der Waals surface area (Å²) in [6, 6.07) is 0.